The van der Waals surface area contributed by atoms with Gasteiger partial charge in [-0.05, 0) is 36.4 Å². The molecule has 1 aliphatic rings. The number of nitrogens with one attached hydrogen (secondary N) is 1. The van der Waals surface area contributed by atoms with Gasteiger partial charge in [0.05, 0.1) is 6.54 Å². The van der Waals surface area contributed by atoms with Gasteiger partial charge in [-0.15, -0.1) is 0 Å². The Bertz CT molecular complexity index is 653. The lowest BCUT2D eigenvalue weighted by atomic mass is 10.2. The van der Waals surface area contributed by atoms with Crippen LogP contribution in [0.15, 0.2) is 54.6 Å². The molecule has 0 bridgehead atoms. The molecule has 0 unspecified atom stereocenters. The number of hydrogen-bond donors (Lipinski definition) is 1. The molecule has 5 nitrogen and oxygen atoms in total. The molecular weight excluding hydrogens is 268 g/mol. The van der Waals surface area contributed by atoms with Crippen LogP contribution in [0.3, 0.4) is 0 Å². The first-order chi connectivity index (χ1) is 10.2. The summed E-state index contributed by atoms with van der Waals surface area (Å²) in [6, 6.07) is 16.1. The molecule has 1 aliphatic heterocycles. The van der Waals surface area contributed by atoms with Gasteiger partial charge < -0.3 is 10.1 Å². The summed E-state index contributed by atoms with van der Waals surface area (Å²) in [4.78, 5) is 25.0. The topological polar surface area (TPSA) is 58.6 Å². The minimum atomic E-state index is -0.337. The minimum Gasteiger partial charge on any atom is -0.447 e. The maximum absolute atomic E-state index is 12.0. The molecule has 0 spiro atoms. The number of carbonyl (C=O) groups is 2. The number of benzene rings is 2. The molecule has 21 heavy (non-hydrogen) atoms. The smallest absolute Gasteiger partial charge is 0.414 e. The fraction of sp³-hybridized carbons (Fsp3) is 0.125. The standard InChI is InChI=1S/C16H14N2O3/c19-15(12-4-2-1-3-5-12)17-13-6-8-14(9-7-13)18-10-11-21-16(18)20/h1-9H,10-11H2,(H,17,19). The molecule has 2 aromatic carbocycles. The summed E-state index contributed by atoms with van der Waals surface area (Å²) < 4.78 is 4.89. The van der Waals surface area contributed by atoms with E-state index in [1.54, 1.807) is 41.3 Å². The molecule has 1 N–H and O–H groups in total. The molecule has 2 aromatic rings. The van der Waals surface area contributed by atoms with Gasteiger partial charge in [0.2, 0.25) is 0 Å². The Morgan fingerprint density at radius 2 is 1.76 bits per heavy atom. The summed E-state index contributed by atoms with van der Waals surface area (Å²) in [6.45, 7) is 0.958. The average molecular weight is 282 g/mol. The van der Waals surface area contributed by atoms with Gasteiger partial charge in [-0.2, -0.15) is 0 Å². The van der Waals surface area contributed by atoms with Crippen molar-refractivity contribution in [1.29, 1.82) is 0 Å². The van der Waals surface area contributed by atoms with E-state index in [1.807, 2.05) is 18.2 Å². The van der Waals surface area contributed by atoms with Gasteiger partial charge >= 0.3 is 6.09 Å². The zero-order chi connectivity index (χ0) is 14.7. The van der Waals surface area contributed by atoms with Crippen LogP contribution in [0.2, 0.25) is 0 Å². The zero-order valence-corrected chi connectivity index (χ0v) is 11.3. The van der Waals surface area contributed by atoms with E-state index in [4.69, 9.17) is 4.74 Å². The monoisotopic (exact) mass is 282 g/mol. The second-order valence-corrected chi connectivity index (χ2v) is 4.63. The molecule has 0 atom stereocenters. The normalized spacial score (nSPS) is 13.9. The fourth-order valence-corrected chi connectivity index (χ4v) is 2.15. The maximum Gasteiger partial charge on any atom is 0.414 e. The summed E-state index contributed by atoms with van der Waals surface area (Å²) in [6.07, 6.45) is -0.337. The second kappa shape index (κ2) is 5.66. The molecule has 1 fully saturated rings. The molecule has 2 amide bonds. The molecular formula is C16H14N2O3. The lowest BCUT2D eigenvalue weighted by molar-refractivity contribution is 0.102. The van der Waals surface area contributed by atoms with E-state index >= 15 is 0 Å². The van der Waals surface area contributed by atoms with Gasteiger partial charge in [-0.1, -0.05) is 18.2 Å². The summed E-state index contributed by atoms with van der Waals surface area (Å²) in [5.74, 6) is -0.163. The molecule has 0 radical (unpaired) electrons. The van der Waals surface area contributed by atoms with E-state index in [-0.39, 0.29) is 12.0 Å². The molecule has 106 valence electrons. The lowest BCUT2D eigenvalue weighted by Crippen LogP contribution is -2.23. The highest BCUT2D eigenvalue weighted by Crippen LogP contribution is 2.21. The number of nitrogens with zero attached hydrogens (tertiary/aromatic N) is 1. The molecule has 3 rings (SSSR count). The van der Waals surface area contributed by atoms with Gasteiger partial charge in [0.25, 0.3) is 5.91 Å². The van der Waals surface area contributed by atoms with Crippen molar-refractivity contribution in [2.75, 3.05) is 23.4 Å². The lowest BCUT2D eigenvalue weighted by Gasteiger charge is -2.13. The van der Waals surface area contributed by atoms with Crippen LogP contribution in [-0.2, 0) is 4.74 Å². The van der Waals surface area contributed by atoms with E-state index in [0.717, 1.165) is 5.69 Å². The predicted molar refractivity (Wildman–Crippen MR) is 79.5 cm³/mol. The Kier molecular flexibility index (Phi) is 3.55. The van der Waals surface area contributed by atoms with E-state index < -0.39 is 0 Å². The number of carbonyl (C=O) groups excluding carboxylic acids is 2. The number of ether oxygens (including phenoxy) is 1. The van der Waals surface area contributed by atoms with Crippen molar-refractivity contribution in [3.8, 4) is 0 Å². The predicted octanol–water partition coefficient (Wildman–Crippen LogP) is 2.90. The van der Waals surface area contributed by atoms with Gasteiger partial charge in [-0.25, -0.2) is 4.79 Å². The van der Waals surface area contributed by atoms with Gasteiger partial charge in [0.1, 0.15) is 6.61 Å². The van der Waals surface area contributed by atoms with Crippen LogP contribution in [0.4, 0.5) is 16.2 Å². The third-order valence-corrected chi connectivity index (χ3v) is 3.23. The Labute approximate surface area is 122 Å². The van der Waals surface area contributed by atoms with Crippen molar-refractivity contribution < 1.29 is 14.3 Å². The van der Waals surface area contributed by atoms with E-state index in [2.05, 4.69) is 5.32 Å². The average Bonchev–Trinajstić information content (AvgIpc) is 2.95. The number of cyclic esters (lactones) is 1. The first-order valence-electron chi connectivity index (χ1n) is 6.65. The Morgan fingerprint density at radius 3 is 2.38 bits per heavy atom. The molecule has 1 saturated heterocycles. The van der Waals surface area contributed by atoms with Crippen LogP contribution in [-0.4, -0.2) is 25.2 Å². The number of hydrogen-bond acceptors (Lipinski definition) is 3. The summed E-state index contributed by atoms with van der Waals surface area (Å²) in [5.41, 5.74) is 2.04. The summed E-state index contributed by atoms with van der Waals surface area (Å²) >= 11 is 0. The van der Waals surface area contributed by atoms with Gasteiger partial charge in [0.15, 0.2) is 0 Å². The van der Waals surface area contributed by atoms with Crippen LogP contribution in [0.1, 0.15) is 10.4 Å². The van der Waals surface area contributed by atoms with E-state index in [9.17, 15) is 9.59 Å². The van der Waals surface area contributed by atoms with E-state index in [0.29, 0.717) is 24.4 Å². The molecule has 5 heteroatoms. The van der Waals surface area contributed by atoms with Crippen molar-refractivity contribution in [2.24, 2.45) is 0 Å². The van der Waals surface area contributed by atoms with Crippen molar-refractivity contribution in [1.82, 2.24) is 0 Å². The summed E-state index contributed by atoms with van der Waals surface area (Å²) in [7, 11) is 0. The maximum atomic E-state index is 12.0. The highest BCUT2D eigenvalue weighted by atomic mass is 16.6. The Hall–Kier alpha value is -2.82. The van der Waals surface area contributed by atoms with Crippen molar-refractivity contribution in [3.05, 3.63) is 60.2 Å². The number of amides is 2. The number of rotatable bonds is 3. The molecule has 1 heterocycles. The largest absolute Gasteiger partial charge is 0.447 e. The molecule has 0 aliphatic carbocycles. The van der Waals surface area contributed by atoms with Crippen molar-refractivity contribution in [3.63, 3.8) is 0 Å². The minimum absolute atomic E-state index is 0.163. The zero-order valence-electron chi connectivity index (χ0n) is 11.3. The van der Waals surface area contributed by atoms with Crippen LogP contribution in [0.5, 0.6) is 0 Å². The Balaban J connectivity index is 1.70. The third-order valence-electron chi connectivity index (χ3n) is 3.23. The first kappa shape index (κ1) is 13.2. The molecule has 0 saturated carbocycles. The third kappa shape index (κ3) is 2.86. The first-order valence-corrected chi connectivity index (χ1v) is 6.65. The van der Waals surface area contributed by atoms with Crippen LogP contribution in [0, 0.1) is 0 Å². The SMILES string of the molecule is O=C(Nc1ccc(N2CCOC2=O)cc1)c1ccccc1. The quantitative estimate of drug-likeness (QED) is 0.941. The van der Waals surface area contributed by atoms with E-state index in [1.165, 1.54) is 0 Å². The van der Waals surface area contributed by atoms with Crippen LogP contribution < -0.4 is 10.2 Å². The highest BCUT2D eigenvalue weighted by molar-refractivity contribution is 6.04. The van der Waals surface area contributed by atoms with Crippen molar-refractivity contribution in [2.45, 2.75) is 0 Å². The van der Waals surface area contributed by atoms with Crippen LogP contribution in [0.25, 0.3) is 0 Å². The number of anilines is 2. The Morgan fingerprint density at radius 1 is 1.05 bits per heavy atom. The highest BCUT2D eigenvalue weighted by Gasteiger charge is 2.23. The summed E-state index contributed by atoms with van der Waals surface area (Å²) in [5, 5.41) is 2.81. The van der Waals surface area contributed by atoms with Gasteiger partial charge in [-0.3, -0.25) is 9.69 Å². The van der Waals surface area contributed by atoms with Crippen LogP contribution >= 0.6 is 0 Å². The van der Waals surface area contributed by atoms with Gasteiger partial charge in [0, 0.05) is 16.9 Å². The second-order valence-electron chi connectivity index (χ2n) is 4.63. The fourth-order valence-electron chi connectivity index (χ4n) is 2.15. The van der Waals surface area contributed by atoms with Crippen molar-refractivity contribution >= 4 is 23.4 Å². The molecule has 0 aromatic heterocycles.